The largest absolute Gasteiger partial charge is 0.193 e. The molecule has 29 heavy (non-hydrogen) atoms. The molecule has 0 atom stereocenters. The molecule has 0 bridgehead atoms. The molecule has 0 heterocycles. The van der Waals surface area contributed by atoms with Crippen LogP contribution in [0.1, 0.15) is 122 Å². The van der Waals surface area contributed by atoms with Crippen LogP contribution in [0, 0.1) is 35.0 Å². The average molecular weight is 398 g/mol. The molecule has 0 saturated heterocycles. The van der Waals surface area contributed by atoms with Gasteiger partial charge in [0.15, 0.2) is 0 Å². The number of allylic oxidation sites excluding steroid dienone is 4. The molecule has 2 rings (SSSR count). The van der Waals surface area contributed by atoms with Crippen LogP contribution in [-0.2, 0) is 0 Å². The highest BCUT2D eigenvalue weighted by molar-refractivity contribution is 5.11. The van der Waals surface area contributed by atoms with Gasteiger partial charge >= 0.3 is 0 Å². The maximum Gasteiger partial charge on any atom is 0.0912 e. The van der Waals surface area contributed by atoms with Crippen LogP contribution in [0.25, 0.3) is 0 Å². The summed E-state index contributed by atoms with van der Waals surface area (Å²) >= 11 is 0. The van der Waals surface area contributed by atoms with Crippen molar-refractivity contribution in [3.63, 3.8) is 0 Å². The lowest BCUT2D eigenvalue weighted by molar-refractivity contribution is 0.208. The predicted molar refractivity (Wildman–Crippen MR) is 127 cm³/mol. The molecule has 164 valence electrons. The maximum absolute atomic E-state index is 8.47. The van der Waals surface area contributed by atoms with Crippen LogP contribution in [0.4, 0.5) is 0 Å². The van der Waals surface area contributed by atoms with Gasteiger partial charge in [-0.1, -0.05) is 128 Å². The van der Waals surface area contributed by atoms with Crippen molar-refractivity contribution in [1.29, 1.82) is 5.26 Å². The molecule has 0 aromatic carbocycles. The fourth-order valence-corrected chi connectivity index (χ4v) is 5.73. The normalized spacial score (nSPS) is 28.1. The second-order valence-corrected chi connectivity index (χ2v) is 10.0. The Morgan fingerprint density at radius 3 is 1.72 bits per heavy atom. The minimum absolute atomic E-state index is 0.948. The highest BCUT2D eigenvalue weighted by Crippen LogP contribution is 2.38. The first-order valence-electron chi connectivity index (χ1n) is 13.0. The third-order valence-electron chi connectivity index (χ3n) is 7.79. The molecular formula is C28H47N. The van der Waals surface area contributed by atoms with E-state index in [-0.39, 0.29) is 0 Å². The fourth-order valence-electron chi connectivity index (χ4n) is 5.73. The highest BCUT2D eigenvalue weighted by Gasteiger charge is 2.24. The van der Waals surface area contributed by atoms with E-state index in [1.54, 1.807) is 6.08 Å². The standard InChI is InChI=1S/C28H47N/c1-2-3-4-6-9-12-25-14-18-27(19-15-25)22-23-28-20-16-26(17-21-28)13-10-7-5-8-11-24-29/h5,7-8,11,25-28H,2-4,6,9-10,12-23H2,1H3. The molecule has 0 spiro atoms. The van der Waals surface area contributed by atoms with Crippen molar-refractivity contribution < 1.29 is 0 Å². The highest BCUT2D eigenvalue weighted by atomic mass is 14.3. The Morgan fingerprint density at radius 2 is 1.17 bits per heavy atom. The minimum Gasteiger partial charge on any atom is -0.193 e. The molecule has 0 aliphatic heterocycles. The summed E-state index contributed by atoms with van der Waals surface area (Å²) in [5.41, 5.74) is 0. The molecule has 0 aromatic rings. The molecule has 0 unspecified atom stereocenters. The first-order chi connectivity index (χ1) is 14.3. The Hall–Kier alpha value is -1.03. The van der Waals surface area contributed by atoms with E-state index in [0.29, 0.717) is 0 Å². The zero-order valence-corrected chi connectivity index (χ0v) is 19.3. The van der Waals surface area contributed by atoms with Gasteiger partial charge in [-0.05, 0) is 36.5 Å². The second kappa shape index (κ2) is 15.8. The van der Waals surface area contributed by atoms with Crippen LogP contribution < -0.4 is 0 Å². The van der Waals surface area contributed by atoms with E-state index >= 15 is 0 Å². The molecular weight excluding hydrogens is 350 g/mol. The van der Waals surface area contributed by atoms with Crippen LogP contribution >= 0.6 is 0 Å². The van der Waals surface area contributed by atoms with Gasteiger partial charge in [0.2, 0.25) is 0 Å². The van der Waals surface area contributed by atoms with E-state index < -0.39 is 0 Å². The lowest BCUT2D eigenvalue weighted by Gasteiger charge is -2.32. The zero-order valence-electron chi connectivity index (χ0n) is 19.3. The molecule has 1 nitrogen and oxygen atoms in total. The van der Waals surface area contributed by atoms with Crippen molar-refractivity contribution in [2.75, 3.05) is 0 Å². The predicted octanol–water partition coefficient (Wildman–Crippen LogP) is 9.16. The summed E-state index contributed by atoms with van der Waals surface area (Å²) in [7, 11) is 0. The lowest BCUT2D eigenvalue weighted by atomic mass is 9.74. The molecule has 2 aliphatic rings. The smallest absolute Gasteiger partial charge is 0.0912 e. The van der Waals surface area contributed by atoms with Crippen molar-refractivity contribution >= 4 is 0 Å². The molecule has 2 fully saturated rings. The molecule has 0 amide bonds. The van der Waals surface area contributed by atoms with E-state index in [9.17, 15) is 0 Å². The summed E-state index contributed by atoms with van der Waals surface area (Å²) in [6.45, 7) is 2.31. The van der Waals surface area contributed by atoms with Crippen molar-refractivity contribution in [2.45, 2.75) is 122 Å². The number of nitriles is 1. The van der Waals surface area contributed by atoms with E-state index in [0.717, 1.165) is 23.7 Å². The average Bonchev–Trinajstić information content (AvgIpc) is 2.76. The molecule has 2 aliphatic carbocycles. The summed E-state index contributed by atoms with van der Waals surface area (Å²) in [6.07, 6.45) is 33.9. The number of hydrogen-bond donors (Lipinski definition) is 0. The molecule has 2 saturated carbocycles. The first kappa shape index (κ1) is 24.2. The number of unbranched alkanes of at least 4 members (excludes halogenated alkanes) is 4. The Morgan fingerprint density at radius 1 is 0.655 bits per heavy atom. The van der Waals surface area contributed by atoms with Gasteiger partial charge in [-0.15, -0.1) is 0 Å². The van der Waals surface area contributed by atoms with Crippen molar-refractivity contribution in [3.05, 3.63) is 24.3 Å². The van der Waals surface area contributed by atoms with Crippen LogP contribution in [0.15, 0.2) is 24.3 Å². The quantitative estimate of drug-likeness (QED) is 0.173. The van der Waals surface area contributed by atoms with Crippen molar-refractivity contribution in [1.82, 2.24) is 0 Å². The third-order valence-corrected chi connectivity index (χ3v) is 7.79. The Bertz CT molecular complexity index is 481. The van der Waals surface area contributed by atoms with E-state index in [4.69, 9.17) is 5.26 Å². The van der Waals surface area contributed by atoms with Gasteiger partial charge in [-0.25, -0.2) is 0 Å². The maximum atomic E-state index is 8.47. The Labute approximate surface area is 182 Å². The number of nitrogens with zero attached hydrogens (tertiary/aromatic N) is 1. The summed E-state index contributed by atoms with van der Waals surface area (Å²) in [6, 6.07) is 2.03. The Balaban J connectivity index is 1.47. The third kappa shape index (κ3) is 11.1. The van der Waals surface area contributed by atoms with Gasteiger partial charge < -0.3 is 0 Å². The number of rotatable bonds is 13. The van der Waals surface area contributed by atoms with Gasteiger partial charge in [0.1, 0.15) is 0 Å². The summed E-state index contributed by atoms with van der Waals surface area (Å²) in [4.78, 5) is 0. The summed E-state index contributed by atoms with van der Waals surface area (Å²) in [5, 5.41) is 8.47. The van der Waals surface area contributed by atoms with Gasteiger partial charge in [0, 0.05) is 6.08 Å². The summed E-state index contributed by atoms with van der Waals surface area (Å²) in [5.74, 6) is 4.09. The van der Waals surface area contributed by atoms with Gasteiger partial charge in [0.25, 0.3) is 0 Å². The van der Waals surface area contributed by atoms with E-state index in [2.05, 4.69) is 13.0 Å². The Kier molecular flexibility index (Phi) is 13.2. The van der Waals surface area contributed by atoms with Crippen molar-refractivity contribution in [3.8, 4) is 6.07 Å². The van der Waals surface area contributed by atoms with Gasteiger partial charge in [-0.2, -0.15) is 5.26 Å². The SMILES string of the molecule is CCCCCCCC1CCC(CCC2CCC(CCC=CC=CC#N)CC2)CC1. The van der Waals surface area contributed by atoms with E-state index in [1.165, 1.54) is 116 Å². The van der Waals surface area contributed by atoms with Crippen LogP contribution in [-0.4, -0.2) is 0 Å². The molecule has 0 radical (unpaired) electrons. The van der Waals surface area contributed by atoms with Crippen LogP contribution in [0.5, 0.6) is 0 Å². The molecule has 1 heteroatoms. The number of hydrogen-bond acceptors (Lipinski definition) is 1. The van der Waals surface area contributed by atoms with Crippen LogP contribution in [0.2, 0.25) is 0 Å². The van der Waals surface area contributed by atoms with Crippen molar-refractivity contribution in [2.24, 2.45) is 23.7 Å². The first-order valence-corrected chi connectivity index (χ1v) is 13.0. The van der Waals surface area contributed by atoms with Crippen LogP contribution in [0.3, 0.4) is 0 Å². The minimum atomic E-state index is 0.948. The van der Waals surface area contributed by atoms with E-state index in [1.807, 2.05) is 18.2 Å². The monoisotopic (exact) mass is 397 g/mol. The topological polar surface area (TPSA) is 23.8 Å². The zero-order chi connectivity index (χ0) is 20.6. The van der Waals surface area contributed by atoms with Gasteiger partial charge in [0.05, 0.1) is 6.07 Å². The molecule has 0 aromatic heterocycles. The van der Waals surface area contributed by atoms with Gasteiger partial charge in [-0.3, -0.25) is 0 Å². The lowest BCUT2D eigenvalue weighted by Crippen LogP contribution is -2.18. The second-order valence-electron chi connectivity index (χ2n) is 10.0. The fraction of sp³-hybridized carbons (Fsp3) is 0.821. The molecule has 0 N–H and O–H groups in total. The summed E-state index contributed by atoms with van der Waals surface area (Å²) < 4.78 is 0.